The Balaban J connectivity index is 1.34. The van der Waals surface area contributed by atoms with Crippen LogP contribution in [0.15, 0.2) is 18.2 Å². The fraction of sp³-hybridized carbons (Fsp3) is 0.474. The molecule has 4 rings (SSSR count). The quantitative estimate of drug-likeness (QED) is 0.626. The van der Waals surface area contributed by atoms with Gasteiger partial charge in [0.15, 0.2) is 11.5 Å². The average molecular weight is 385 g/mol. The highest BCUT2D eigenvalue weighted by Gasteiger charge is 2.18. The molecule has 1 aliphatic carbocycles. The van der Waals surface area contributed by atoms with Crippen LogP contribution in [0.5, 0.6) is 0 Å². The number of fused-ring (bicyclic) bond motifs is 1. The lowest BCUT2D eigenvalue weighted by atomic mass is 10.1. The predicted molar refractivity (Wildman–Crippen MR) is 104 cm³/mol. The Labute approximate surface area is 162 Å². The van der Waals surface area contributed by atoms with E-state index in [2.05, 4.69) is 25.9 Å². The lowest BCUT2D eigenvalue weighted by molar-refractivity contribution is 0.0845. The van der Waals surface area contributed by atoms with Gasteiger partial charge in [-0.3, -0.25) is 20.4 Å². The summed E-state index contributed by atoms with van der Waals surface area (Å²) in [6, 6.07) is 5.39. The molecule has 27 heavy (non-hydrogen) atoms. The summed E-state index contributed by atoms with van der Waals surface area (Å²) in [7, 11) is 0. The Bertz CT molecular complexity index is 804. The van der Waals surface area contributed by atoms with Crippen LogP contribution < -0.4 is 15.8 Å². The molecule has 2 N–H and O–H groups in total. The van der Waals surface area contributed by atoms with Crippen molar-refractivity contribution in [1.82, 2.24) is 21.0 Å². The summed E-state index contributed by atoms with van der Waals surface area (Å²) in [4.78, 5) is 28.7. The Kier molecular flexibility index (Phi) is 5.33. The van der Waals surface area contributed by atoms with Gasteiger partial charge in [0, 0.05) is 18.0 Å². The minimum absolute atomic E-state index is 0.181. The summed E-state index contributed by atoms with van der Waals surface area (Å²) in [6.45, 7) is 1.95. The fourth-order valence-electron chi connectivity index (χ4n) is 3.58. The first kappa shape index (κ1) is 17.9. The van der Waals surface area contributed by atoms with Crippen molar-refractivity contribution in [3.63, 3.8) is 0 Å². The van der Waals surface area contributed by atoms with Crippen molar-refractivity contribution in [2.45, 2.75) is 44.9 Å². The van der Waals surface area contributed by atoms with Gasteiger partial charge >= 0.3 is 0 Å². The van der Waals surface area contributed by atoms with E-state index in [1.54, 1.807) is 12.1 Å². The summed E-state index contributed by atoms with van der Waals surface area (Å²) in [6.07, 6.45) is 7.98. The number of rotatable bonds is 3. The van der Waals surface area contributed by atoms with Crippen molar-refractivity contribution in [2.75, 3.05) is 18.0 Å². The zero-order valence-electron chi connectivity index (χ0n) is 15.2. The molecule has 0 aromatic carbocycles. The molecule has 2 aliphatic rings. The summed E-state index contributed by atoms with van der Waals surface area (Å²) >= 11 is 1.52. The van der Waals surface area contributed by atoms with Gasteiger partial charge in [-0.2, -0.15) is 0 Å². The van der Waals surface area contributed by atoms with Crippen molar-refractivity contribution in [3.05, 3.63) is 39.2 Å². The highest BCUT2D eigenvalue weighted by atomic mass is 32.1. The number of hydrogen-bond acceptors (Lipinski definition) is 6. The van der Waals surface area contributed by atoms with Gasteiger partial charge in [0.1, 0.15) is 0 Å². The number of hydrazine groups is 1. The normalized spacial score (nSPS) is 16.5. The van der Waals surface area contributed by atoms with Crippen LogP contribution in [0.1, 0.15) is 62.7 Å². The van der Waals surface area contributed by atoms with Crippen molar-refractivity contribution in [2.24, 2.45) is 0 Å². The predicted octanol–water partition coefficient (Wildman–Crippen LogP) is 2.48. The monoisotopic (exact) mass is 385 g/mol. The second kappa shape index (κ2) is 8.04. The van der Waals surface area contributed by atoms with Crippen LogP contribution in [0.4, 0.5) is 5.82 Å². The Morgan fingerprint density at radius 3 is 2.48 bits per heavy atom. The van der Waals surface area contributed by atoms with Gasteiger partial charge in [-0.15, -0.1) is 21.5 Å². The third-order valence-corrected chi connectivity index (χ3v) is 6.31. The Morgan fingerprint density at radius 1 is 0.926 bits per heavy atom. The number of carbonyl (C=O) groups excluding carboxylic acids is 2. The van der Waals surface area contributed by atoms with Crippen molar-refractivity contribution in [1.29, 1.82) is 0 Å². The summed E-state index contributed by atoms with van der Waals surface area (Å²) in [5, 5.41) is 8.11. The topological polar surface area (TPSA) is 87.2 Å². The third-order valence-electron chi connectivity index (χ3n) is 5.07. The van der Waals surface area contributed by atoms with Crippen LogP contribution in [0, 0.1) is 0 Å². The number of anilines is 1. The second-order valence-electron chi connectivity index (χ2n) is 7.00. The van der Waals surface area contributed by atoms with E-state index in [4.69, 9.17) is 0 Å². The molecule has 0 spiro atoms. The van der Waals surface area contributed by atoms with Gasteiger partial charge in [-0.1, -0.05) is 6.42 Å². The van der Waals surface area contributed by atoms with E-state index >= 15 is 0 Å². The molecule has 7 nitrogen and oxygen atoms in total. The number of thiophene rings is 1. The number of carbonyl (C=O) groups is 2. The maximum Gasteiger partial charge on any atom is 0.290 e. The summed E-state index contributed by atoms with van der Waals surface area (Å²) in [5.41, 5.74) is 6.37. The van der Waals surface area contributed by atoms with Crippen LogP contribution in [-0.4, -0.2) is 35.1 Å². The van der Waals surface area contributed by atoms with Crippen molar-refractivity contribution in [3.8, 4) is 0 Å². The summed E-state index contributed by atoms with van der Waals surface area (Å²) in [5.74, 6) is 0.0261. The van der Waals surface area contributed by atoms with Crippen LogP contribution in [0.3, 0.4) is 0 Å². The third kappa shape index (κ3) is 4.10. The number of nitrogens with zero attached hydrogens (tertiary/aromatic N) is 3. The van der Waals surface area contributed by atoms with Gasteiger partial charge in [0.2, 0.25) is 0 Å². The molecule has 0 bridgehead atoms. The maximum absolute atomic E-state index is 12.4. The molecule has 3 heterocycles. The number of nitrogens with one attached hydrogen (secondary N) is 2. The molecule has 2 aromatic rings. The molecule has 1 aliphatic heterocycles. The van der Waals surface area contributed by atoms with E-state index in [0.717, 1.165) is 44.6 Å². The SMILES string of the molecule is O=C(NNC(=O)c1cc2c(s1)CCCCC2)c1ccc(N2CCCC2)nn1. The molecular formula is C19H23N5O2S. The Morgan fingerprint density at radius 2 is 1.70 bits per heavy atom. The molecule has 0 unspecified atom stereocenters. The lowest BCUT2D eigenvalue weighted by Crippen LogP contribution is -2.41. The van der Waals surface area contributed by atoms with Gasteiger partial charge in [0.25, 0.3) is 11.8 Å². The molecule has 142 valence electrons. The minimum atomic E-state index is -0.470. The Hall–Kier alpha value is -2.48. The van der Waals surface area contributed by atoms with E-state index in [9.17, 15) is 9.59 Å². The van der Waals surface area contributed by atoms with Crippen LogP contribution in [0.25, 0.3) is 0 Å². The molecule has 0 saturated carbocycles. The molecule has 8 heteroatoms. The first-order valence-corrected chi connectivity index (χ1v) is 10.3. The zero-order chi connectivity index (χ0) is 18.6. The fourth-order valence-corrected chi connectivity index (χ4v) is 4.73. The number of aromatic nitrogens is 2. The van der Waals surface area contributed by atoms with E-state index < -0.39 is 5.91 Å². The molecule has 2 amide bonds. The maximum atomic E-state index is 12.4. The molecule has 0 radical (unpaired) electrons. The minimum Gasteiger partial charge on any atom is -0.355 e. The number of aryl methyl sites for hydroxylation is 2. The molecular weight excluding hydrogens is 362 g/mol. The van der Waals surface area contributed by atoms with E-state index in [1.165, 1.54) is 41.0 Å². The average Bonchev–Trinajstić information content (AvgIpc) is 3.32. The smallest absolute Gasteiger partial charge is 0.290 e. The standard InChI is InChI=1S/C19H23N5O2S/c25-18(14-8-9-17(21-20-14)24-10-4-5-11-24)22-23-19(26)16-12-13-6-2-1-3-7-15(13)27-16/h8-9,12H,1-7,10-11H2,(H,22,25)(H,23,26). The largest absolute Gasteiger partial charge is 0.355 e. The van der Waals surface area contributed by atoms with Crippen molar-refractivity contribution < 1.29 is 9.59 Å². The lowest BCUT2D eigenvalue weighted by Gasteiger charge is -2.15. The highest BCUT2D eigenvalue weighted by molar-refractivity contribution is 7.14. The van der Waals surface area contributed by atoms with Gasteiger partial charge in [-0.25, -0.2) is 0 Å². The van der Waals surface area contributed by atoms with E-state index in [-0.39, 0.29) is 11.6 Å². The molecule has 0 atom stereocenters. The summed E-state index contributed by atoms with van der Waals surface area (Å²) < 4.78 is 0. The second-order valence-corrected chi connectivity index (χ2v) is 8.14. The molecule has 1 saturated heterocycles. The van der Waals surface area contributed by atoms with E-state index in [0.29, 0.717) is 4.88 Å². The number of hydrogen-bond donors (Lipinski definition) is 2. The highest BCUT2D eigenvalue weighted by Crippen LogP contribution is 2.28. The van der Waals surface area contributed by atoms with Gasteiger partial charge in [-0.05, 0) is 62.3 Å². The first-order valence-electron chi connectivity index (χ1n) is 9.51. The van der Waals surface area contributed by atoms with Crippen molar-refractivity contribution >= 4 is 29.0 Å². The van der Waals surface area contributed by atoms with Crippen LogP contribution in [-0.2, 0) is 12.8 Å². The molecule has 1 fully saturated rings. The van der Waals surface area contributed by atoms with Crippen LogP contribution >= 0.6 is 11.3 Å². The zero-order valence-corrected chi connectivity index (χ0v) is 16.0. The van der Waals surface area contributed by atoms with Gasteiger partial charge < -0.3 is 4.90 Å². The van der Waals surface area contributed by atoms with E-state index in [1.807, 2.05) is 6.07 Å². The number of amides is 2. The van der Waals surface area contributed by atoms with Gasteiger partial charge in [0.05, 0.1) is 4.88 Å². The first-order chi connectivity index (χ1) is 13.2. The van der Waals surface area contributed by atoms with Crippen LogP contribution in [0.2, 0.25) is 0 Å². The molecule has 2 aromatic heterocycles.